The molecule has 2 aromatic rings. The normalized spacial score (nSPS) is 18.7. The van der Waals surface area contributed by atoms with Crippen molar-refractivity contribution < 1.29 is 18.0 Å². The van der Waals surface area contributed by atoms with Gasteiger partial charge in [-0.3, -0.25) is 9.59 Å². The Kier molecular flexibility index (Phi) is 5.85. The molecule has 2 aliphatic heterocycles. The smallest absolute Gasteiger partial charge is 0.243 e. The van der Waals surface area contributed by atoms with Crippen molar-refractivity contribution in [2.45, 2.75) is 31.6 Å². The number of fused-ring (bicyclic) bond motifs is 1. The van der Waals surface area contributed by atoms with E-state index in [4.69, 9.17) is 0 Å². The average Bonchev–Trinajstić information content (AvgIpc) is 3.38. The molecule has 31 heavy (non-hydrogen) atoms. The number of amides is 2. The van der Waals surface area contributed by atoms with Crippen LogP contribution < -0.4 is 9.80 Å². The van der Waals surface area contributed by atoms with Gasteiger partial charge in [0.15, 0.2) is 0 Å². The van der Waals surface area contributed by atoms with E-state index < -0.39 is 15.9 Å². The fraction of sp³-hybridized carbons (Fsp3) is 0.391. The Morgan fingerprint density at radius 2 is 1.74 bits per heavy atom. The number of nitrogens with zero attached hydrogens (tertiary/aromatic N) is 3. The fourth-order valence-corrected chi connectivity index (χ4v) is 5.88. The summed E-state index contributed by atoms with van der Waals surface area (Å²) in [6.45, 7) is 5.34. The van der Waals surface area contributed by atoms with Gasteiger partial charge in [0.05, 0.1) is 10.8 Å². The van der Waals surface area contributed by atoms with Crippen molar-refractivity contribution in [3.05, 3.63) is 54.1 Å². The molecule has 1 fully saturated rings. The van der Waals surface area contributed by atoms with E-state index in [0.29, 0.717) is 31.9 Å². The molecular weight excluding hydrogens is 414 g/mol. The number of carbonyl (C=O) groups excluding carboxylic acids is 2. The molecular formula is C23H27N3O4S. The van der Waals surface area contributed by atoms with Gasteiger partial charge in [-0.25, -0.2) is 8.42 Å². The summed E-state index contributed by atoms with van der Waals surface area (Å²) in [5.41, 5.74) is 2.70. The molecule has 2 amide bonds. The van der Waals surface area contributed by atoms with Crippen LogP contribution in [0.25, 0.3) is 0 Å². The van der Waals surface area contributed by atoms with Crippen LogP contribution in [0.4, 0.5) is 11.4 Å². The van der Waals surface area contributed by atoms with Crippen LogP contribution in [-0.4, -0.2) is 50.7 Å². The van der Waals surface area contributed by atoms with Crippen LogP contribution >= 0.6 is 0 Å². The third-order valence-corrected chi connectivity index (χ3v) is 8.18. The number of rotatable bonds is 6. The van der Waals surface area contributed by atoms with Crippen LogP contribution in [0.3, 0.4) is 0 Å². The highest BCUT2D eigenvalue weighted by atomic mass is 32.2. The SMILES string of the molecule is CCN(CC)S(=O)(=O)c1ccc(N2C[C@H](C(=O)N3CCc4ccccc43)CC2=O)cc1. The lowest BCUT2D eigenvalue weighted by atomic mass is 10.1. The highest BCUT2D eigenvalue weighted by Crippen LogP contribution is 2.32. The Balaban J connectivity index is 1.49. The van der Waals surface area contributed by atoms with Gasteiger partial charge in [0, 0.05) is 44.0 Å². The second kappa shape index (κ2) is 8.43. The molecule has 1 saturated heterocycles. The van der Waals surface area contributed by atoms with E-state index in [-0.39, 0.29) is 23.1 Å². The van der Waals surface area contributed by atoms with Crippen LogP contribution in [0.1, 0.15) is 25.8 Å². The number of sulfonamides is 1. The minimum Gasteiger partial charge on any atom is -0.312 e. The predicted octanol–water partition coefficient (Wildman–Crippen LogP) is 2.66. The molecule has 2 aliphatic rings. The van der Waals surface area contributed by atoms with E-state index in [0.717, 1.165) is 17.7 Å². The Hall–Kier alpha value is -2.71. The summed E-state index contributed by atoms with van der Waals surface area (Å²) in [5, 5.41) is 0. The molecule has 0 saturated carbocycles. The molecule has 1 atom stereocenters. The average molecular weight is 442 g/mol. The topological polar surface area (TPSA) is 78.0 Å². The lowest BCUT2D eigenvalue weighted by Gasteiger charge is -2.22. The van der Waals surface area contributed by atoms with Crippen molar-refractivity contribution in [1.29, 1.82) is 0 Å². The first-order chi connectivity index (χ1) is 14.9. The third-order valence-electron chi connectivity index (χ3n) is 6.12. The van der Waals surface area contributed by atoms with Crippen molar-refractivity contribution >= 4 is 33.2 Å². The maximum absolute atomic E-state index is 13.1. The second-order valence-corrected chi connectivity index (χ2v) is 9.80. The summed E-state index contributed by atoms with van der Waals surface area (Å²) >= 11 is 0. The Morgan fingerprint density at radius 1 is 1.06 bits per heavy atom. The minimum absolute atomic E-state index is 0.0264. The lowest BCUT2D eigenvalue weighted by molar-refractivity contribution is -0.124. The molecule has 164 valence electrons. The van der Waals surface area contributed by atoms with Crippen molar-refractivity contribution in [1.82, 2.24) is 4.31 Å². The van der Waals surface area contributed by atoms with Gasteiger partial charge < -0.3 is 9.80 Å². The second-order valence-electron chi connectivity index (χ2n) is 7.86. The molecule has 0 aliphatic carbocycles. The van der Waals surface area contributed by atoms with Crippen molar-refractivity contribution in [3.63, 3.8) is 0 Å². The number of anilines is 2. The molecule has 2 aromatic carbocycles. The summed E-state index contributed by atoms with van der Waals surface area (Å²) in [6.07, 6.45) is 0.992. The summed E-state index contributed by atoms with van der Waals surface area (Å²) < 4.78 is 26.7. The van der Waals surface area contributed by atoms with Crippen LogP contribution in [0.15, 0.2) is 53.4 Å². The van der Waals surface area contributed by atoms with Gasteiger partial charge in [0.1, 0.15) is 0 Å². The fourth-order valence-electron chi connectivity index (χ4n) is 4.42. The summed E-state index contributed by atoms with van der Waals surface area (Å²) in [7, 11) is -3.55. The molecule has 0 unspecified atom stereocenters. The molecule has 8 heteroatoms. The number of carbonyl (C=O) groups is 2. The Labute approximate surface area is 183 Å². The van der Waals surface area contributed by atoms with E-state index in [1.807, 2.05) is 24.3 Å². The van der Waals surface area contributed by atoms with Crippen molar-refractivity contribution in [3.8, 4) is 0 Å². The first-order valence-corrected chi connectivity index (χ1v) is 12.1. The van der Waals surface area contributed by atoms with E-state index in [1.54, 1.807) is 35.8 Å². The van der Waals surface area contributed by atoms with Gasteiger partial charge in [0.2, 0.25) is 21.8 Å². The van der Waals surface area contributed by atoms with Gasteiger partial charge in [-0.2, -0.15) is 4.31 Å². The number of benzene rings is 2. The molecule has 0 radical (unpaired) electrons. The zero-order chi connectivity index (χ0) is 22.2. The number of hydrogen-bond donors (Lipinski definition) is 0. The van der Waals surface area contributed by atoms with Gasteiger partial charge in [-0.15, -0.1) is 0 Å². The molecule has 0 aromatic heterocycles. The highest BCUT2D eigenvalue weighted by molar-refractivity contribution is 7.89. The predicted molar refractivity (Wildman–Crippen MR) is 120 cm³/mol. The summed E-state index contributed by atoms with van der Waals surface area (Å²) in [4.78, 5) is 29.4. The molecule has 4 rings (SSSR count). The standard InChI is InChI=1S/C23H27N3O4S/c1-3-24(4-2)31(29,30)20-11-9-19(10-12-20)26-16-18(15-22(26)27)23(28)25-14-13-17-7-5-6-8-21(17)25/h5-12,18H,3-4,13-16H2,1-2H3/t18-/m1/s1. The van der Waals surface area contributed by atoms with Gasteiger partial charge >= 0.3 is 0 Å². The van der Waals surface area contributed by atoms with Gasteiger partial charge in [-0.05, 0) is 42.3 Å². The van der Waals surface area contributed by atoms with Crippen molar-refractivity contribution in [2.75, 3.05) is 36.0 Å². The van der Waals surface area contributed by atoms with E-state index in [1.165, 1.54) is 16.4 Å². The van der Waals surface area contributed by atoms with Crippen LogP contribution in [0, 0.1) is 5.92 Å². The quantitative estimate of drug-likeness (QED) is 0.691. The zero-order valence-corrected chi connectivity index (χ0v) is 18.6. The molecule has 0 bridgehead atoms. The number of hydrogen-bond acceptors (Lipinski definition) is 4. The first-order valence-electron chi connectivity index (χ1n) is 10.7. The van der Waals surface area contributed by atoms with E-state index in [9.17, 15) is 18.0 Å². The van der Waals surface area contributed by atoms with Crippen LogP contribution in [-0.2, 0) is 26.0 Å². The largest absolute Gasteiger partial charge is 0.312 e. The first kappa shape index (κ1) is 21.5. The molecule has 2 heterocycles. The lowest BCUT2D eigenvalue weighted by Crippen LogP contribution is -2.36. The van der Waals surface area contributed by atoms with Crippen molar-refractivity contribution in [2.24, 2.45) is 5.92 Å². The third kappa shape index (κ3) is 3.85. The van der Waals surface area contributed by atoms with Crippen LogP contribution in [0.5, 0.6) is 0 Å². The van der Waals surface area contributed by atoms with E-state index in [2.05, 4.69) is 0 Å². The number of para-hydroxylation sites is 1. The maximum Gasteiger partial charge on any atom is 0.243 e. The zero-order valence-electron chi connectivity index (χ0n) is 17.8. The van der Waals surface area contributed by atoms with Gasteiger partial charge in [0.25, 0.3) is 0 Å². The molecule has 0 N–H and O–H groups in total. The maximum atomic E-state index is 13.1. The monoisotopic (exact) mass is 441 g/mol. The van der Waals surface area contributed by atoms with E-state index >= 15 is 0 Å². The Bertz CT molecular complexity index is 1090. The van der Waals surface area contributed by atoms with Crippen LogP contribution in [0.2, 0.25) is 0 Å². The highest BCUT2D eigenvalue weighted by Gasteiger charge is 2.39. The molecule has 7 nitrogen and oxygen atoms in total. The Morgan fingerprint density at radius 3 is 2.42 bits per heavy atom. The summed E-state index contributed by atoms with van der Waals surface area (Å²) in [5.74, 6) is -0.551. The minimum atomic E-state index is -3.55. The summed E-state index contributed by atoms with van der Waals surface area (Å²) in [6, 6.07) is 14.2. The van der Waals surface area contributed by atoms with Gasteiger partial charge in [-0.1, -0.05) is 32.0 Å². The molecule has 0 spiro atoms.